The van der Waals surface area contributed by atoms with Crippen LogP contribution in [0.2, 0.25) is 0 Å². The Morgan fingerprint density at radius 1 is 1.24 bits per heavy atom. The van der Waals surface area contributed by atoms with Crippen molar-refractivity contribution in [3.05, 3.63) is 52.4 Å². The fraction of sp³-hybridized carbons (Fsp3) is 0.300. The number of nitrogens with zero attached hydrogens (tertiary/aromatic N) is 1. The van der Waals surface area contributed by atoms with E-state index >= 15 is 0 Å². The molecule has 0 bridgehead atoms. The number of amides is 3. The quantitative estimate of drug-likeness (QED) is 0.672. The van der Waals surface area contributed by atoms with E-state index in [1.165, 1.54) is 13.0 Å². The Hall–Kier alpha value is -3.20. The van der Waals surface area contributed by atoms with Crippen LogP contribution in [0.4, 0.5) is 5.00 Å². The molecule has 0 saturated carbocycles. The first kappa shape index (κ1) is 20.5. The average Bonchev–Trinajstić information content (AvgIpc) is 3.31. The van der Waals surface area contributed by atoms with Crippen molar-refractivity contribution in [1.82, 2.24) is 4.90 Å². The monoisotopic (exact) mass is 415 g/mol. The van der Waals surface area contributed by atoms with E-state index in [4.69, 9.17) is 10.5 Å². The van der Waals surface area contributed by atoms with Crippen LogP contribution in [-0.4, -0.2) is 41.2 Å². The van der Waals surface area contributed by atoms with Gasteiger partial charge in [0.05, 0.1) is 11.1 Å². The summed E-state index contributed by atoms with van der Waals surface area (Å²) < 4.78 is 5.21. The predicted molar refractivity (Wildman–Crippen MR) is 107 cm³/mol. The van der Waals surface area contributed by atoms with Gasteiger partial charge in [0.2, 0.25) is 5.91 Å². The molecule has 1 saturated heterocycles. The minimum atomic E-state index is -1.06. The van der Waals surface area contributed by atoms with Gasteiger partial charge in [-0.3, -0.25) is 14.4 Å². The second kappa shape index (κ2) is 8.87. The normalized spacial score (nSPS) is 14.5. The zero-order valence-corrected chi connectivity index (χ0v) is 16.7. The van der Waals surface area contributed by atoms with Gasteiger partial charge in [-0.15, -0.1) is 11.3 Å². The van der Waals surface area contributed by atoms with Crippen LogP contribution in [0, 0.1) is 0 Å². The molecule has 3 amide bonds. The number of esters is 1. The average molecular weight is 415 g/mol. The lowest BCUT2D eigenvalue weighted by Crippen LogP contribution is -2.30. The van der Waals surface area contributed by atoms with Gasteiger partial charge >= 0.3 is 5.97 Å². The predicted octanol–water partition coefficient (Wildman–Crippen LogP) is 2.15. The van der Waals surface area contributed by atoms with E-state index < -0.39 is 23.9 Å². The van der Waals surface area contributed by atoms with Crippen molar-refractivity contribution >= 4 is 40.0 Å². The number of anilines is 1. The molecular weight excluding hydrogens is 394 g/mol. The number of rotatable bonds is 7. The topological polar surface area (TPSA) is 119 Å². The van der Waals surface area contributed by atoms with Gasteiger partial charge in [-0.2, -0.15) is 0 Å². The van der Waals surface area contributed by atoms with Crippen molar-refractivity contribution < 1.29 is 23.9 Å². The van der Waals surface area contributed by atoms with Crippen molar-refractivity contribution in [1.29, 1.82) is 0 Å². The minimum absolute atomic E-state index is 0.138. The highest BCUT2D eigenvalue weighted by Crippen LogP contribution is 2.23. The molecule has 0 radical (unpaired) electrons. The fourth-order valence-corrected chi connectivity index (χ4v) is 3.73. The highest BCUT2D eigenvalue weighted by atomic mass is 32.1. The van der Waals surface area contributed by atoms with Crippen LogP contribution in [-0.2, 0) is 20.9 Å². The molecule has 1 aromatic heterocycles. The first-order valence-electron chi connectivity index (χ1n) is 9.11. The lowest BCUT2D eigenvalue weighted by Gasteiger charge is -2.16. The van der Waals surface area contributed by atoms with Gasteiger partial charge in [0.25, 0.3) is 11.8 Å². The maximum Gasteiger partial charge on any atom is 0.338 e. The van der Waals surface area contributed by atoms with Gasteiger partial charge in [0, 0.05) is 19.5 Å². The number of ether oxygens (including phenoxy) is 1. The Bertz CT molecular complexity index is 938. The third-order valence-electron chi connectivity index (χ3n) is 4.55. The molecule has 0 spiro atoms. The van der Waals surface area contributed by atoms with Crippen molar-refractivity contribution in [3.8, 4) is 0 Å². The van der Waals surface area contributed by atoms with Crippen molar-refractivity contribution in [2.75, 3.05) is 11.9 Å². The van der Waals surface area contributed by atoms with Crippen molar-refractivity contribution in [3.63, 3.8) is 0 Å². The fourth-order valence-electron chi connectivity index (χ4n) is 2.93. The molecule has 1 aromatic carbocycles. The number of carbonyl (C=O) groups excluding carboxylic acids is 4. The number of hydrogen-bond acceptors (Lipinski definition) is 6. The zero-order chi connectivity index (χ0) is 21.0. The summed E-state index contributed by atoms with van der Waals surface area (Å²) in [7, 11) is 0. The lowest BCUT2D eigenvalue weighted by molar-refractivity contribution is -0.128. The Morgan fingerprint density at radius 3 is 2.59 bits per heavy atom. The van der Waals surface area contributed by atoms with Crippen LogP contribution >= 0.6 is 11.3 Å². The summed E-state index contributed by atoms with van der Waals surface area (Å²) in [5.74, 6) is -1.72. The Kier molecular flexibility index (Phi) is 6.28. The second-order valence-electron chi connectivity index (χ2n) is 6.68. The summed E-state index contributed by atoms with van der Waals surface area (Å²) in [6.07, 6.45) is 0.388. The summed E-state index contributed by atoms with van der Waals surface area (Å²) in [6.45, 7) is 2.70. The highest BCUT2D eigenvalue weighted by Gasteiger charge is 2.22. The molecule has 152 valence electrons. The van der Waals surface area contributed by atoms with Gasteiger partial charge < -0.3 is 20.7 Å². The molecular formula is C20H21N3O5S. The smallest absolute Gasteiger partial charge is 0.338 e. The van der Waals surface area contributed by atoms with Gasteiger partial charge in [-0.1, -0.05) is 12.1 Å². The number of hydrogen-bond donors (Lipinski definition) is 2. The molecule has 0 aliphatic carbocycles. The van der Waals surface area contributed by atoms with Crippen LogP contribution in [0.1, 0.15) is 46.0 Å². The number of likely N-dealkylation sites (tertiary alicyclic amines) is 1. The number of benzene rings is 1. The molecule has 2 aromatic rings. The maximum atomic E-state index is 12.3. The summed E-state index contributed by atoms with van der Waals surface area (Å²) in [5, 5.41) is 4.49. The molecule has 0 unspecified atom stereocenters. The SMILES string of the molecule is C[C@@H](OC(=O)c1ccc(CN2CCCC2=O)cc1)C(=O)Nc1sccc1C(N)=O. The third kappa shape index (κ3) is 5.00. The number of nitrogens with one attached hydrogen (secondary N) is 1. The zero-order valence-electron chi connectivity index (χ0n) is 15.8. The Morgan fingerprint density at radius 2 is 1.97 bits per heavy atom. The van der Waals surface area contributed by atoms with E-state index in [9.17, 15) is 19.2 Å². The maximum absolute atomic E-state index is 12.3. The lowest BCUT2D eigenvalue weighted by atomic mass is 10.1. The van der Waals surface area contributed by atoms with Crippen LogP contribution in [0.3, 0.4) is 0 Å². The molecule has 1 aliphatic heterocycles. The molecule has 29 heavy (non-hydrogen) atoms. The van der Waals surface area contributed by atoms with E-state index in [1.807, 2.05) is 0 Å². The first-order chi connectivity index (χ1) is 13.8. The van der Waals surface area contributed by atoms with E-state index in [-0.39, 0.29) is 11.5 Å². The van der Waals surface area contributed by atoms with E-state index in [0.29, 0.717) is 23.5 Å². The number of nitrogens with two attached hydrogens (primary N) is 1. The molecule has 8 nitrogen and oxygen atoms in total. The van der Waals surface area contributed by atoms with E-state index in [1.54, 1.807) is 34.5 Å². The van der Waals surface area contributed by atoms with Gasteiger partial charge in [-0.25, -0.2) is 4.79 Å². The summed E-state index contributed by atoms with van der Waals surface area (Å²) >= 11 is 1.15. The third-order valence-corrected chi connectivity index (χ3v) is 5.38. The van der Waals surface area contributed by atoms with Crippen LogP contribution in [0.5, 0.6) is 0 Å². The van der Waals surface area contributed by atoms with Crippen LogP contribution < -0.4 is 11.1 Å². The first-order valence-corrected chi connectivity index (χ1v) is 9.99. The number of primary amides is 1. The second-order valence-corrected chi connectivity index (χ2v) is 7.60. The van der Waals surface area contributed by atoms with Gasteiger partial charge in [0.1, 0.15) is 5.00 Å². The Balaban J connectivity index is 1.56. The van der Waals surface area contributed by atoms with Crippen molar-refractivity contribution in [2.45, 2.75) is 32.4 Å². The number of thiophene rings is 1. The summed E-state index contributed by atoms with van der Waals surface area (Å²) in [5.41, 5.74) is 6.67. The largest absolute Gasteiger partial charge is 0.449 e. The number of carbonyl (C=O) groups is 4. The molecule has 3 rings (SSSR count). The minimum Gasteiger partial charge on any atom is -0.449 e. The van der Waals surface area contributed by atoms with Gasteiger partial charge in [-0.05, 0) is 42.5 Å². The van der Waals surface area contributed by atoms with Crippen LogP contribution in [0.15, 0.2) is 35.7 Å². The van der Waals surface area contributed by atoms with E-state index in [0.717, 1.165) is 29.9 Å². The van der Waals surface area contributed by atoms with Gasteiger partial charge in [0.15, 0.2) is 6.10 Å². The standard InChI is InChI=1S/C20H21N3O5S/c1-12(18(26)22-19-15(17(21)25)8-10-29-19)28-20(27)14-6-4-13(5-7-14)11-23-9-2-3-16(23)24/h4-8,10,12H,2-3,9,11H2,1H3,(H2,21,25)(H,22,26)/t12-/m1/s1. The molecule has 9 heteroatoms. The van der Waals surface area contributed by atoms with E-state index in [2.05, 4.69) is 5.32 Å². The molecule has 1 fully saturated rings. The molecule has 1 atom stereocenters. The van der Waals surface area contributed by atoms with Crippen LogP contribution in [0.25, 0.3) is 0 Å². The Labute approximate surface area is 171 Å². The molecule has 1 aliphatic rings. The molecule has 3 N–H and O–H groups in total. The molecule has 2 heterocycles. The summed E-state index contributed by atoms with van der Waals surface area (Å²) in [6, 6.07) is 8.24. The summed E-state index contributed by atoms with van der Waals surface area (Å²) in [4.78, 5) is 49.4. The highest BCUT2D eigenvalue weighted by molar-refractivity contribution is 7.14. The van der Waals surface area contributed by atoms with Crippen molar-refractivity contribution in [2.24, 2.45) is 5.73 Å².